The summed E-state index contributed by atoms with van der Waals surface area (Å²) in [5, 5.41) is 13.8. The Morgan fingerprint density at radius 3 is 2.37 bits per heavy atom. The lowest BCUT2D eigenvalue weighted by molar-refractivity contribution is -0.118. The van der Waals surface area contributed by atoms with Crippen LogP contribution in [0.3, 0.4) is 0 Å². The second-order valence-electron chi connectivity index (χ2n) is 12.1. The standard InChI is InChI=1S/C37H39N7O5/c38-43-40-15-5-10-34(42-37(47)49-24-33-31-8-3-1-6-29(31)30-7-2-4-9-32(30)33)36(46)41-28-14-13-25-22-27(12-11-26(25)23-28)35(45)39-16-17-44-18-20-48-21-19-44/h1-4,6-9,11-14,22-23,33-34H,5,10,15-21,24H2,(H,39,45)(H,41,46)(H,42,47). The van der Waals surface area contributed by atoms with E-state index in [1.165, 1.54) is 0 Å². The van der Waals surface area contributed by atoms with Crippen molar-refractivity contribution < 1.29 is 23.9 Å². The number of fused-ring (bicyclic) bond motifs is 4. The number of morpholine rings is 1. The zero-order valence-electron chi connectivity index (χ0n) is 27.1. The third-order valence-electron chi connectivity index (χ3n) is 8.95. The monoisotopic (exact) mass is 661 g/mol. The van der Waals surface area contributed by atoms with Gasteiger partial charge >= 0.3 is 6.09 Å². The first-order valence-electron chi connectivity index (χ1n) is 16.6. The molecule has 0 bridgehead atoms. The van der Waals surface area contributed by atoms with Gasteiger partial charge in [-0.2, -0.15) is 0 Å². The van der Waals surface area contributed by atoms with Gasteiger partial charge in [0.15, 0.2) is 0 Å². The Balaban J connectivity index is 1.06. The van der Waals surface area contributed by atoms with Crippen LogP contribution in [0.1, 0.15) is 40.2 Å². The van der Waals surface area contributed by atoms with Gasteiger partial charge in [-0.05, 0) is 75.7 Å². The van der Waals surface area contributed by atoms with Crippen LogP contribution in [0.2, 0.25) is 0 Å². The number of nitrogens with zero attached hydrogens (tertiary/aromatic N) is 4. The van der Waals surface area contributed by atoms with Crippen molar-refractivity contribution in [2.24, 2.45) is 5.11 Å². The van der Waals surface area contributed by atoms with Gasteiger partial charge < -0.3 is 25.4 Å². The largest absolute Gasteiger partial charge is 0.449 e. The lowest BCUT2D eigenvalue weighted by Crippen LogP contribution is -2.44. The van der Waals surface area contributed by atoms with Gasteiger partial charge in [-0.1, -0.05) is 65.8 Å². The van der Waals surface area contributed by atoms with E-state index in [0.29, 0.717) is 37.4 Å². The predicted molar refractivity (Wildman–Crippen MR) is 187 cm³/mol. The first-order valence-corrected chi connectivity index (χ1v) is 16.6. The van der Waals surface area contributed by atoms with Gasteiger partial charge in [-0.15, -0.1) is 0 Å². The van der Waals surface area contributed by atoms with Crippen molar-refractivity contribution in [1.29, 1.82) is 0 Å². The minimum atomic E-state index is -0.927. The highest BCUT2D eigenvalue weighted by molar-refractivity contribution is 6.01. The Morgan fingerprint density at radius 1 is 0.939 bits per heavy atom. The summed E-state index contributed by atoms with van der Waals surface area (Å²) in [6, 6.07) is 26.0. The molecule has 0 saturated carbocycles. The zero-order valence-corrected chi connectivity index (χ0v) is 27.1. The molecule has 1 unspecified atom stereocenters. The third kappa shape index (κ3) is 8.36. The molecule has 1 atom stereocenters. The number of hydrogen-bond acceptors (Lipinski definition) is 7. The average molecular weight is 662 g/mol. The number of carbonyl (C=O) groups excluding carboxylic acids is 3. The molecule has 2 aliphatic rings. The smallest absolute Gasteiger partial charge is 0.407 e. The molecule has 4 aromatic carbocycles. The van der Waals surface area contributed by atoms with Crippen molar-refractivity contribution >= 4 is 34.4 Å². The molecule has 12 heteroatoms. The Morgan fingerprint density at radius 2 is 1.63 bits per heavy atom. The number of nitrogens with one attached hydrogen (secondary N) is 3. The molecule has 49 heavy (non-hydrogen) atoms. The highest BCUT2D eigenvalue weighted by atomic mass is 16.5. The minimum Gasteiger partial charge on any atom is -0.449 e. The van der Waals surface area contributed by atoms with Crippen LogP contribution in [0, 0.1) is 0 Å². The van der Waals surface area contributed by atoms with E-state index >= 15 is 0 Å². The number of benzene rings is 4. The Bertz CT molecular complexity index is 1820. The molecule has 12 nitrogen and oxygen atoms in total. The van der Waals surface area contributed by atoms with Crippen LogP contribution in [-0.2, 0) is 14.3 Å². The number of amides is 3. The van der Waals surface area contributed by atoms with Crippen LogP contribution in [-0.4, -0.2) is 81.4 Å². The quantitative estimate of drug-likeness (QED) is 0.0707. The molecule has 1 saturated heterocycles. The molecule has 0 aromatic heterocycles. The number of ether oxygens (including phenoxy) is 2. The molecule has 1 aliphatic carbocycles. The van der Waals surface area contributed by atoms with Crippen molar-refractivity contribution in [2.75, 3.05) is 57.9 Å². The summed E-state index contributed by atoms with van der Waals surface area (Å²) in [4.78, 5) is 44.3. The number of azide groups is 1. The summed E-state index contributed by atoms with van der Waals surface area (Å²) >= 11 is 0. The fraction of sp³-hybridized carbons (Fsp3) is 0.324. The molecule has 6 rings (SSSR count). The van der Waals surface area contributed by atoms with E-state index in [4.69, 9.17) is 15.0 Å². The van der Waals surface area contributed by atoms with Gasteiger partial charge in [-0.25, -0.2) is 4.79 Å². The van der Waals surface area contributed by atoms with Crippen LogP contribution < -0.4 is 16.0 Å². The maximum Gasteiger partial charge on any atom is 0.407 e. The van der Waals surface area contributed by atoms with E-state index in [1.54, 1.807) is 12.1 Å². The van der Waals surface area contributed by atoms with Crippen LogP contribution in [0.25, 0.3) is 32.3 Å². The Kier molecular flexibility index (Phi) is 11.0. The summed E-state index contributed by atoms with van der Waals surface area (Å²) in [5.41, 5.74) is 14.2. The van der Waals surface area contributed by atoms with Crippen molar-refractivity contribution in [2.45, 2.75) is 24.8 Å². The average Bonchev–Trinajstić information content (AvgIpc) is 3.45. The first-order chi connectivity index (χ1) is 24.0. The number of alkyl carbamates (subject to hydrolysis) is 1. The summed E-state index contributed by atoms with van der Waals surface area (Å²) in [6.07, 6.45) is -0.0759. The maximum absolute atomic E-state index is 13.4. The van der Waals surface area contributed by atoms with Gasteiger partial charge in [0, 0.05) is 54.8 Å². The number of hydrogen-bond donors (Lipinski definition) is 3. The number of carbonyl (C=O) groups is 3. The lowest BCUT2D eigenvalue weighted by atomic mass is 9.98. The van der Waals surface area contributed by atoms with Gasteiger partial charge in [-0.3, -0.25) is 14.5 Å². The number of rotatable bonds is 13. The van der Waals surface area contributed by atoms with Crippen LogP contribution >= 0.6 is 0 Å². The normalized spacial score (nSPS) is 14.6. The van der Waals surface area contributed by atoms with E-state index < -0.39 is 18.0 Å². The van der Waals surface area contributed by atoms with E-state index in [9.17, 15) is 14.4 Å². The third-order valence-corrected chi connectivity index (χ3v) is 8.95. The molecular formula is C37H39N7O5. The Hall–Kier alpha value is -5.42. The highest BCUT2D eigenvalue weighted by Gasteiger charge is 2.30. The zero-order chi connectivity index (χ0) is 34.0. The summed E-state index contributed by atoms with van der Waals surface area (Å²) < 4.78 is 11.1. The topological polar surface area (TPSA) is 158 Å². The van der Waals surface area contributed by atoms with E-state index in [1.807, 2.05) is 60.7 Å². The second-order valence-corrected chi connectivity index (χ2v) is 12.1. The van der Waals surface area contributed by atoms with Crippen molar-refractivity contribution in [3.63, 3.8) is 0 Å². The van der Waals surface area contributed by atoms with Crippen LogP contribution in [0.5, 0.6) is 0 Å². The van der Waals surface area contributed by atoms with Gasteiger partial charge in [0.05, 0.1) is 13.2 Å². The van der Waals surface area contributed by atoms with Crippen LogP contribution in [0.4, 0.5) is 10.5 Å². The van der Waals surface area contributed by atoms with Crippen LogP contribution in [0.15, 0.2) is 90.0 Å². The minimum absolute atomic E-state index is 0.116. The first kappa shape index (κ1) is 33.5. The van der Waals surface area contributed by atoms with Crippen molar-refractivity contribution in [1.82, 2.24) is 15.5 Å². The van der Waals surface area contributed by atoms with Gasteiger partial charge in [0.25, 0.3) is 5.91 Å². The molecule has 1 heterocycles. The molecule has 1 fully saturated rings. The maximum atomic E-state index is 13.4. The number of anilines is 1. The fourth-order valence-electron chi connectivity index (χ4n) is 6.41. The van der Waals surface area contributed by atoms with Gasteiger partial charge in [0.2, 0.25) is 5.91 Å². The summed E-state index contributed by atoms with van der Waals surface area (Å²) in [6.45, 7) is 4.80. The van der Waals surface area contributed by atoms with Gasteiger partial charge in [0.1, 0.15) is 12.6 Å². The summed E-state index contributed by atoms with van der Waals surface area (Å²) in [7, 11) is 0. The van der Waals surface area contributed by atoms with Crippen molar-refractivity contribution in [3.8, 4) is 11.1 Å². The molecular weight excluding hydrogens is 622 g/mol. The second kappa shape index (κ2) is 16.1. The van der Waals surface area contributed by atoms with Crippen molar-refractivity contribution in [3.05, 3.63) is 112 Å². The van der Waals surface area contributed by atoms with E-state index in [0.717, 1.165) is 52.7 Å². The molecule has 252 valence electrons. The molecule has 4 aromatic rings. The molecule has 3 amide bonds. The van der Waals surface area contributed by atoms with E-state index in [2.05, 4.69) is 43.0 Å². The molecule has 1 aliphatic heterocycles. The highest BCUT2D eigenvalue weighted by Crippen LogP contribution is 2.44. The molecule has 3 N–H and O–H groups in total. The SMILES string of the molecule is [N-]=[N+]=NCCCC(NC(=O)OCC1c2ccccc2-c2ccccc21)C(=O)Nc1ccc2cc(C(=O)NCCN3CCOCC3)ccc2c1. The fourth-order valence-corrected chi connectivity index (χ4v) is 6.41. The summed E-state index contributed by atoms with van der Waals surface area (Å²) in [5.74, 6) is -0.685. The predicted octanol–water partition coefficient (Wildman–Crippen LogP) is 5.84. The lowest BCUT2D eigenvalue weighted by Gasteiger charge is -2.26. The van der Waals surface area contributed by atoms with E-state index in [-0.39, 0.29) is 31.4 Å². The Labute approximate surface area is 284 Å². The molecule has 0 radical (unpaired) electrons. The molecule has 0 spiro atoms.